The summed E-state index contributed by atoms with van der Waals surface area (Å²) in [6.45, 7) is 9.61. The van der Waals surface area contributed by atoms with Crippen LogP contribution in [0.4, 0.5) is 11.8 Å². The molecule has 0 spiro atoms. The number of aromatic nitrogens is 4. The molecule has 5 rings (SSSR count). The molecule has 0 saturated carbocycles. The van der Waals surface area contributed by atoms with Gasteiger partial charge >= 0.3 is 0 Å². The van der Waals surface area contributed by atoms with Crippen molar-refractivity contribution in [3.05, 3.63) is 29.8 Å². The molecular formula is C23H31N7O2S2. The molecular weight excluding hydrogens is 470 g/mol. The maximum Gasteiger partial charge on any atom is 0.230 e. The molecule has 1 unspecified atom stereocenters. The summed E-state index contributed by atoms with van der Waals surface area (Å²) in [6.07, 6.45) is 6.84. The van der Waals surface area contributed by atoms with Gasteiger partial charge in [0, 0.05) is 51.2 Å². The van der Waals surface area contributed by atoms with Gasteiger partial charge in [-0.2, -0.15) is 0 Å². The number of morpholine rings is 1. The molecule has 3 aromatic heterocycles. The molecule has 182 valence electrons. The molecule has 0 radical (unpaired) electrons. The van der Waals surface area contributed by atoms with Crippen LogP contribution in [-0.2, 0) is 22.5 Å². The van der Waals surface area contributed by atoms with Crippen molar-refractivity contribution < 1.29 is 9.29 Å². The van der Waals surface area contributed by atoms with Crippen LogP contribution >= 0.6 is 11.3 Å². The first kappa shape index (κ1) is 23.7. The summed E-state index contributed by atoms with van der Waals surface area (Å²) >= 11 is 0.260. The third kappa shape index (κ3) is 5.28. The zero-order chi connectivity index (χ0) is 23.5. The van der Waals surface area contributed by atoms with Crippen LogP contribution in [-0.4, -0.2) is 70.4 Å². The Bertz CT molecular complexity index is 1100. The maximum absolute atomic E-state index is 13.1. The molecule has 3 aromatic rings. The highest BCUT2D eigenvalue weighted by molar-refractivity contribution is 7.91. The minimum Gasteiger partial charge on any atom is -0.592 e. The Kier molecular flexibility index (Phi) is 7.45. The standard InChI is InChI=1S/C23H31N7O2S2/c1-3-17-13-24-23(25-14-17)30-6-4-18(5-7-30)15-26-34(31)20-12-19-21(33-20)22(28-16(2)27-19)29-8-10-32-11-9-29/h12-14,18,26H,3-11,15H2,1-2H3. The van der Waals surface area contributed by atoms with Crippen molar-refractivity contribution in [2.24, 2.45) is 5.92 Å². The molecule has 2 fully saturated rings. The van der Waals surface area contributed by atoms with Gasteiger partial charge in [-0.3, -0.25) is 0 Å². The number of anilines is 2. The molecule has 11 heteroatoms. The SMILES string of the molecule is CCc1cnc(N2CCC(CN[S+]([O-])c3cc4nc(C)nc(N5CCOCC5)c4s3)CC2)nc1. The number of nitrogens with zero attached hydrogens (tertiary/aromatic N) is 6. The maximum atomic E-state index is 13.1. The minimum absolute atomic E-state index is 0.482. The number of hydrogen-bond donors (Lipinski definition) is 1. The molecule has 1 atom stereocenters. The average Bonchev–Trinajstić information content (AvgIpc) is 3.32. The van der Waals surface area contributed by atoms with Gasteiger partial charge in [0.1, 0.15) is 10.5 Å². The first-order chi connectivity index (χ1) is 16.6. The van der Waals surface area contributed by atoms with Crippen LogP contribution in [0.5, 0.6) is 0 Å². The number of rotatable bonds is 7. The third-order valence-corrected chi connectivity index (χ3v) is 8.97. The average molecular weight is 502 g/mol. The molecule has 0 aliphatic carbocycles. The Morgan fingerprint density at radius 3 is 2.56 bits per heavy atom. The van der Waals surface area contributed by atoms with E-state index in [4.69, 9.17) is 9.72 Å². The second kappa shape index (κ2) is 10.7. The fourth-order valence-corrected chi connectivity index (χ4v) is 6.71. The van der Waals surface area contributed by atoms with Crippen LogP contribution in [0, 0.1) is 12.8 Å². The molecule has 0 bridgehead atoms. The second-order valence-electron chi connectivity index (χ2n) is 8.77. The predicted molar refractivity (Wildman–Crippen MR) is 136 cm³/mol. The van der Waals surface area contributed by atoms with Crippen LogP contribution in [0.15, 0.2) is 22.7 Å². The number of piperidine rings is 1. The number of fused-ring (bicyclic) bond motifs is 1. The molecule has 2 aliphatic rings. The predicted octanol–water partition coefficient (Wildman–Crippen LogP) is 2.72. The zero-order valence-electron chi connectivity index (χ0n) is 19.7. The van der Waals surface area contributed by atoms with Gasteiger partial charge < -0.3 is 19.1 Å². The molecule has 0 aromatic carbocycles. The third-order valence-electron chi connectivity index (χ3n) is 6.44. The van der Waals surface area contributed by atoms with Crippen LogP contribution in [0.1, 0.15) is 31.2 Å². The number of hydrogen-bond acceptors (Lipinski definition) is 10. The van der Waals surface area contributed by atoms with Gasteiger partial charge in [0.05, 0.1) is 30.1 Å². The molecule has 1 N–H and O–H groups in total. The van der Waals surface area contributed by atoms with Crippen molar-refractivity contribution in [1.29, 1.82) is 0 Å². The topological polar surface area (TPSA) is 102 Å². The van der Waals surface area contributed by atoms with E-state index in [1.807, 2.05) is 25.4 Å². The number of thiophene rings is 1. The van der Waals surface area contributed by atoms with E-state index in [1.54, 1.807) is 0 Å². The van der Waals surface area contributed by atoms with Crippen molar-refractivity contribution in [1.82, 2.24) is 24.7 Å². The molecule has 2 saturated heterocycles. The second-order valence-corrected chi connectivity index (χ2v) is 11.3. The Balaban J connectivity index is 1.18. The highest BCUT2D eigenvalue weighted by atomic mass is 32.2. The van der Waals surface area contributed by atoms with E-state index in [9.17, 15) is 4.55 Å². The van der Waals surface area contributed by atoms with Gasteiger partial charge in [0.25, 0.3) is 0 Å². The lowest BCUT2D eigenvalue weighted by Gasteiger charge is -2.31. The van der Waals surface area contributed by atoms with E-state index >= 15 is 0 Å². The summed E-state index contributed by atoms with van der Waals surface area (Å²) in [5.41, 5.74) is 2.02. The quantitative estimate of drug-likeness (QED) is 0.490. The summed E-state index contributed by atoms with van der Waals surface area (Å²) in [5, 5.41) is 0. The van der Waals surface area contributed by atoms with Crippen LogP contribution in [0.2, 0.25) is 0 Å². The normalized spacial score (nSPS) is 18.6. The zero-order valence-corrected chi connectivity index (χ0v) is 21.3. The van der Waals surface area contributed by atoms with Crippen molar-refractivity contribution >= 4 is 44.7 Å². The van der Waals surface area contributed by atoms with E-state index in [2.05, 4.69) is 36.4 Å². The van der Waals surface area contributed by atoms with Crippen molar-refractivity contribution in [2.45, 2.75) is 37.3 Å². The summed E-state index contributed by atoms with van der Waals surface area (Å²) in [7, 11) is 0. The lowest BCUT2D eigenvalue weighted by molar-refractivity contribution is 0.122. The summed E-state index contributed by atoms with van der Waals surface area (Å²) < 4.78 is 23.6. The largest absolute Gasteiger partial charge is 0.592 e. The lowest BCUT2D eigenvalue weighted by atomic mass is 9.97. The van der Waals surface area contributed by atoms with Crippen LogP contribution in [0.3, 0.4) is 0 Å². The molecule has 34 heavy (non-hydrogen) atoms. The van der Waals surface area contributed by atoms with Gasteiger partial charge in [-0.1, -0.05) is 18.3 Å². The van der Waals surface area contributed by atoms with E-state index < -0.39 is 11.4 Å². The molecule has 2 aliphatic heterocycles. The van der Waals surface area contributed by atoms with Crippen molar-refractivity contribution in [2.75, 3.05) is 55.7 Å². The minimum atomic E-state index is -1.27. The Hall–Kier alpha value is -2.05. The van der Waals surface area contributed by atoms with Crippen LogP contribution < -0.4 is 14.5 Å². The fourth-order valence-electron chi connectivity index (χ4n) is 4.38. The summed E-state index contributed by atoms with van der Waals surface area (Å²) in [4.78, 5) is 22.8. The van der Waals surface area contributed by atoms with Gasteiger partial charge in [0.15, 0.2) is 5.82 Å². The number of nitrogens with one attached hydrogen (secondary N) is 1. The number of ether oxygens (including phenoxy) is 1. The van der Waals surface area contributed by atoms with Crippen molar-refractivity contribution in [3.8, 4) is 0 Å². The number of aryl methyl sites for hydroxylation is 2. The van der Waals surface area contributed by atoms with Gasteiger partial charge in [-0.15, -0.1) is 4.72 Å². The summed E-state index contributed by atoms with van der Waals surface area (Å²) in [6, 6.07) is 1.95. The highest BCUT2D eigenvalue weighted by Crippen LogP contribution is 2.34. The Morgan fingerprint density at radius 2 is 1.85 bits per heavy atom. The first-order valence-corrected chi connectivity index (χ1v) is 13.9. The first-order valence-electron chi connectivity index (χ1n) is 11.9. The highest BCUT2D eigenvalue weighted by Gasteiger charge is 2.25. The molecule has 9 nitrogen and oxygen atoms in total. The van der Waals surface area contributed by atoms with Gasteiger partial charge in [-0.05, 0) is 37.7 Å². The smallest absolute Gasteiger partial charge is 0.230 e. The molecule has 0 amide bonds. The Morgan fingerprint density at radius 1 is 1.12 bits per heavy atom. The van der Waals surface area contributed by atoms with E-state index in [0.29, 0.717) is 19.1 Å². The summed E-state index contributed by atoms with van der Waals surface area (Å²) in [5.74, 6) is 2.96. The van der Waals surface area contributed by atoms with Crippen LogP contribution in [0.25, 0.3) is 10.2 Å². The molecule has 5 heterocycles. The fraction of sp³-hybridized carbons (Fsp3) is 0.565. The van der Waals surface area contributed by atoms with E-state index in [0.717, 1.165) is 89.6 Å². The van der Waals surface area contributed by atoms with Gasteiger partial charge in [-0.25, -0.2) is 19.9 Å². The van der Waals surface area contributed by atoms with E-state index in [1.165, 1.54) is 11.3 Å². The lowest BCUT2D eigenvalue weighted by Crippen LogP contribution is -2.39. The van der Waals surface area contributed by atoms with Gasteiger partial charge in [0.2, 0.25) is 10.2 Å². The van der Waals surface area contributed by atoms with E-state index in [-0.39, 0.29) is 0 Å². The van der Waals surface area contributed by atoms with Crippen molar-refractivity contribution in [3.63, 3.8) is 0 Å². The Labute approximate surface area is 207 Å². The monoisotopic (exact) mass is 501 g/mol.